The van der Waals surface area contributed by atoms with Gasteiger partial charge < -0.3 is 14.7 Å². The number of aliphatic hydroxyl groups is 1. The molecular formula is C13H25NO3. The number of hydrogen-bond donors (Lipinski definition) is 1. The van der Waals surface area contributed by atoms with E-state index in [0.717, 1.165) is 45.3 Å². The third-order valence-electron chi connectivity index (χ3n) is 3.22. The summed E-state index contributed by atoms with van der Waals surface area (Å²) in [6.07, 6.45) is 5.20. The fraction of sp³-hybridized carbons (Fsp3) is 0.923. The van der Waals surface area contributed by atoms with Gasteiger partial charge >= 0.3 is 0 Å². The SMILES string of the molecule is CCCCCN(CCO)C(=O)C1CCCOC1. The van der Waals surface area contributed by atoms with Gasteiger partial charge in [0.25, 0.3) is 0 Å². The maximum Gasteiger partial charge on any atom is 0.228 e. The predicted molar refractivity (Wildman–Crippen MR) is 66.7 cm³/mol. The Morgan fingerprint density at radius 3 is 2.82 bits per heavy atom. The molecular weight excluding hydrogens is 218 g/mol. The lowest BCUT2D eigenvalue weighted by Crippen LogP contribution is -2.41. The smallest absolute Gasteiger partial charge is 0.228 e. The van der Waals surface area contributed by atoms with E-state index in [1.54, 1.807) is 4.90 Å². The molecule has 1 amide bonds. The fourth-order valence-corrected chi connectivity index (χ4v) is 2.20. The molecule has 1 N–H and O–H groups in total. The van der Waals surface area contributed by atoms with E-state index < -0.39 is 0 Å². The molecule has 0 bridgehead atoms. The average Bonchev–Trinajstić information content (AvgIpc) is 2.38. The highest BCUT2D eigenvalue weighted by Crippen LogP contribution is 2.16. The Bertz CT molecular complexity index is 215. The molecule has 1 fully saturated rings. The number of unbranched alkanes of at least 4 members (excludes halogenated alkanes) is 2. The number of nitrogens with zero attached hydrogens (tertiary/aromatic N) is 1. The van der Waals surface area contributed by atoms with Gasteiger partial charge in [0.2, 0.25) is 5.91 Å². The highest BCUT2D eigenvalue weighted by Gasteiger charge is 2.25. The molecule has 1 heterocycles. The van der Waals surface area contributed by atoms with E-state index in [1.807, 2.05) is 0 Å². The number of rotatable bonds is 7. The molecule has 0 aromatic carbocycles. The molecule has 1 aliphatic rings. The summed E-state index contributed by atoms with van der Waals surface area (Å²) in [5.74, 6) is 0.173. The quantitative estimate of drug-likeness (QED) is 0.688. The number of amides is 1. The highest BCUT2D eigenvalue weighted by molar-refractivity contribution is 5.79. The second-order valence-electron chi connectivity index (χ2n) is 4.67. The molecule has 1 saturated heterocycles. The summed E-state index contributed by atoms with van der Waals surface area (Å²) in [7, 11) is 0. The van der Waals surface area contributed by atoms with Crippen molar-refractivity contribution in [2.45, 2.75) is 39.0 Å². The van der Waals surface area contributed by atoms with Crippen molar-refractivity contribution in [3.8, 4) is 0 Å². The van der Waals surface area contributed by atoms with Crippen molar-refractivity contribution in [2.75, 3.05) is 32.9 Å². The number of aliphatic hydroxyl groups excluding tert-OH is 1. The van der Waals surface area contributed by atoms with Crippen LogP contribution in [0.1, 0.15) is 39.0 Å². The molecule has 1 unspecified atom stereocenters. The Hall–Kier alpha value is -0.610. The largest absolute Gasteiger partial charge is 0.395 e. The predicted octanol–water partition coefficient (Wildman–Crippen LogP) is 1.42. The van der Waals surface area contributed by atoms with Gasteiger partial charge in [0.15, 0.2) is 0 Å². The van der Waals surface area contributed by atoms with Crippen LogP contribution in [0.25, 0.3) is 0 Å². The third-order valence-corrected chi connectivity index (χ3v) is 3.22. The summed E-state index contributed by atoms with van der Waals surface area (Å²) in [6, 6.07) is 0. The summed E-state index contributed by atoms with van der Waals surface area (Å²) < 4.78 is 5.35. The van der Waals surface area contributed by atoms with Crippen LogP contribution in [-0.2, 0) is 9.53 Å². The molecule has 17 heavy (non-hydrogen) atoms. The van der Waals surface area contributed by atoms with E-state index in [1.165, 1.54) is 0 Å². The molecule has 4 nitrogen and oxygen atoms in total. The molecule has 1 aliphatic heterocycles. The number of carbonyl (C=O) groups excluding carboxylic acids is 1. The summed E-state index contributed by atoms with van der Waals surface area (Å²) in [5.41, 5.74) is 0. The fourth-order valence-electron chi connectivity index (χ4n) is 2.20. The van der Waals surface area contributed by atoms with Crippen LogP contribution in [0.2, 0.25) is 0 Å². The van der Waals surface area contributed by atoms with Crippen molar-refractivity contribution in [3.63, 3.8) is 0 Å². The Morgan fingerprint density at radius 1 is 1.41 bits per heavy atom. The molecule has 0 aromatic heterocycles. The van der Waals surface area contributed by atoms with Crippen LogP contribution in [0, 0.1) is 5.92 Å². The summed E-state index contributed by atoms with van der Waals surface area (Å²) in [4.78, 5) is 14.0. The van der Waals surface area contributed by atoms with Crippen LogP contribution in [-0.4, -0.2) is 48.8 Å². The van der Waals surface area contributed by atoms with Gasteiger partial charge in [-0.15, -0.1) is 0 Å². The van der Waals surface area contributed by atoms with E-state index in [2.05, 4.69) is 6.92 Å². The number of hydrogen-bond acceptors (Lipinski definition) is 3. The Labute approximate surface area is 104 Å². The van der Waals surface area contributed by atoms with Crippen molar-refractivity contribution in [2.24, 2.45) is 5.92 Å². The topological polar surface area (TPSA) is 49.8 Å². The van der Waals surface area contributed by atoms with Crippen molar-refractivity contribution >= 4 is 5.91 Å². The van der Waals surface area contributed by atoms with Gasteiger partial charge in [0, 0.05) is 19.7 Å². The highest BCUT2D eigenvalue weighted by atomic mass is 16.5. The molecule has 1 rings (SSSR count). The molecule has 0 aliphatic carbocycles. The normalized spacial score (nSPS) is 20.2. The first kappa shape index (κ1) is 14.5. The first-order chi connectivity index (χ1) is 8.29. The molecule has 100 valence electrons. The minimum Gasteiger partial charge on any atom is -0.395 e. The zero-order valence-electron chi connectivity index (χ0n) is 10.9. The average molecular weight is 243 g/mol. The van der Waals surface area contributed by atoms with Crippen molar-refractivity contribution in [3.05, 3.63) is 0 Å². The lowest BCUT2D eigenvalue weighted by atomic mass is 10.0. The van der Waals surface area contributed by atoms with Gasteiger partial charge in [0.1, 0.15) is 0 Å². The zero-order valence-corrected chi connectivity index (χ0v) is 10.9. The van der Waals surface area contributed by atoms with E-state index >= 15 is 0 Å². The monoisotopic (exact) mass is 243 g/mol. The van der Waals surface area contributed by atoms with E-state index in [9.17, 15) is 4.79 Å². The van der Waals surface area contributed by atoms with Crippen LogP contribution in [0.3, 0.4) is 0 Å². The van der Waals surface area contributed by atoms with Crippen molar-refractivity contribution in [1.29, 1.82) is 0 Å². The number of carbonyl (C=O) groups is 1. The van der Waals surface area contributed by atoms with Crippen molar-refractivity contribution < 1.29 is 14.6 Å². The van der Waals surface area contributed by atoms with E-state index in [4.69, 9.17) is 9.84 Å². The van der Waals surface area contributed by atoms with Crippen LogP contribution in [0.5, 0.6) is 0 Å². The van der Waals surface area contributed by atoms with Gasteiger partial charge in [-0.25, -0.2) is 0 Å². The standard InChI is InChI=1S/C13H25NO3/c1-2-3-4-7-14(8-9-15)13(16)12-6-5-10-17-11-12/h12,15H,2-11H2,1H3. The molecule has 0 aromatic rings. The lowest BCUT2D eigenvalue weighted by molar-refractivity contribution is -0.140. The zero-order chi connectivity index (χ0) is 12.5. The first-order valence-corrected chi connectivity index (χ1v) is 6.77. The van der Waals surface area contributed by atoms with E-state index in [0.29, 0.717) is 13.2 Å². The Morgan fingerprint density at radius 2 is 2.24 bits per heavy atom. The first-order valence-electron chi connectivity index (χ1n) is 6.77. The lowest BCUT2D eigenvalue weighted by Gasteiger charge is -2.29. The molecule has 0 spiro atoms. The van der Waals surface area contributed by atoms with Crippen LogP contribution >= 0.6 is 0 Å². The second kappa shape index (κ2) is 8.48. The third kappa shape index (κ3) is 5.04. The maximum atomic E-state index is 12.2. The minimum atomic E-state index is 0.0110. The minimum absolute atomic E-state index is 0.0110. The second-order valence-corrected chi connectivity index (χ2v) is 4.67. The van der Waals surface area contributed by atoms with Gasteiger partial charge in [-0.05, 0) is 19.3 Å². The Kier molecular flexibility index (Phi) is 7.21. The number of ether oxygens (including phenoxy) is 1. The summed E-state index contributed by atoms with van der Waals surface area (Å²) in [5, 5.41) is 9.02. The molecule has 4 heteroatoms. The van der Waals surface area contributed by atoms with Gasteiger partial charge in [-0.1, -0.05) is 19.8 Å². The van der Waals surface area contributed by atoms with Crippen LogP contribution in [0.15, 0.2) is 0 Å². The van der Waals surface area contributed by atoms with Crippen LogP contribution < -0.4 is 0 Å². The maximum absolute atomic E-state index is 12.2. The van der Waals surface area contributed by atoms with Crippen molar-refractivity contribution in [1.82, 2.24) is 4.90 Å². The molecule has 1 atom stereocenters. The van der Waals surface area contributed by atoms with Crippen LogP contribution in [0.4, 0.5) is 0 Å². The van der Waals surface area contributed by atoms with Gasteiger partial charge in [-0.3, -0.25) is 4.79 Å². The summed E-state index contributed by atoms with van der Waals surface area (Å²) in [6.45, 7) is 4.75. The Balaban J connectivity index is 2.40. The van der Waals surface area contributed by atoms with E-state index in [-0.39, 0.29) is 18.4 Å². The van der Waals surface area contributed by atoms with Gasteiger partial charge in [0.05, 0.1) is 19.1 Å². The summed E-state index contributed by atoms with van der Waals surface area (Å²) >= 11 is 0. The molecule has 0 radical (unpaired) electrons. The van der Waals surface area contributed by atoms with Gasteiger partial charge in [-0.2, -0.15) is 0 Å². The molecule has 0 saturated carbocycles.